The van der Waals surface area contributed by atoms with Gasteiger partial charge in [0.25, 0.3) is 0 Å². The summed E-state index contributed by atoms with van der Waals surface area (Å²) in [6.07, 6.45) is 9.96. The molecule has 2 heterocycles. The molecule has 0 unspecified atom stereocenters. The number of piperidine rings is 1. The second-order valence-electron chi connectivity index (χ2n) is 9.62. The molecular weight excluding hydrogens is 450 g/mol. The Kier molecular flexibility index (Phi) is 11.5. The second kappa shape index (κ2) is 14.1. The van der Waals surface area contributed by atoms with E-state index in [4.69, 9.17) is 9.47 Å². The first-order valence-corrected chi connectivity index (χ1v) is 12.4. The number of rotatable bonds is 7. The monoisotopic (exact) mass is 489 g/mol. The number of hydrogen-bond acceptors (Lipinski definition) is 7. The molecule has 5 atom stereocenters. The van der Waals surface area contributed by atoms with Crippen molar-refractivity contribution in [3.63, 3.8) is 0 Å². The van der Waals surface area contributed by atoms with E-state index in [1.54, 1.807) is 27.0 Å². The van der Waals surface area contributed by atoms with Crippen LogP contribution in [-0.2, 0) is 28.7 Å². The quantitative estimate of drug-likeness (QED) is 0.320. The van der Waals surface area contributed by atoms with Crippen LogP contribution in [0.25, 0.3) is 0 Å². The molecule has 0 radical (unpaired) electrons. The van der Waals surface area contributed by atoms with Crippen LogP contribution < -0.4 is 5.32 Å². The van der Waals surface area contributed by atoms with E-state index < -0.39 is 30.2 Å². The molecule has 0 spiro atoms. The van der Waals surface area contributed by atoms with Gasteiger partial charge >= 0.3 is 5.97 Å². The molecule has 2 N–H and O–H groups in total. The fraction of sp³-hybridized carbons (Fsp3) is 0.630. The number of allylic oxidation sites excluding steroid dienone is 2. The minimum absolute atomic E-state index is 0.0524. The number of Topliss-reactive ketones (excluding diaryl/α,β-unsaturated/α-hetero) is 1. The Hall–Kier alpha value is -2.58. The number of nitrogens with one attached hydrogen (secondary N) is 1. The Balaban J connectivity index is 2.11. The molecule has 0 bridgehead atoms. The number of ether oxygens (including phenoxy) is 2. The molecule has 0 aromatic heterocycles. The molecule has 0 aromatic carbocycles. The van der Waals surface area contributed by atoms with Crippen molar-refractivity contribution in [2.45, 2.75) is 84.0 Å². The van der Waals surface area contributed by atoms with Gasteiger partial charge in [0.1, 0.15) is 18.0 Å². The number of ketones is 1. The van der Waals surface area contributed by atoms with Crippen molar-refractivity contribution in [3.05, 3.63) is 36.0 Å². The van der Waals surface area contributed by atoms with E-state index in [1.165, 1.54) is 6.08 Å². The first-order valence-electron chi connectivity index (χ1n) is 12.4. The number of esters is 1. The van der Waals surface area contributed by atoms with Crippen LogP contribution in [0, 0.1) is 17.8 Å². The molecular formula is C27H39NO7. The third-order valence-electron chi connectivity index (χ3n) is 6.67. The van der Waals surface area contributed by atoms with Gasteiger partial charge in [0, 0.05) is 38.4 Å². The highest BCUT2D eigenvalue weighted by Gasteiger charge is 2.31. The van der Waals surface area contributed by atoms with Gasteiger partial charge in [-0.1, -0.05) is 38.2 Å². The highest BCUT2D eigenvalue weighted by Crippen LogP contribution is 2.25. The molecule has 2 aliphatic rings. The lowest BCUT2D eigenvalue weighted by Gasteiger charge is -2.27. The van der Waals surface area contributed by atoms with E-state index in [1.807, 2.05) is 25.2 Å². The van der Waals surface area contributed by atoms with E-state index in [-0.39, 0.29) is 35.9 Å². The molecule has 8 nitrogen and oxygen atoms in total. The number of methoxy groups -OCH3 is 1. The summed E-state index contributed by atoms with van der Waals surface area (Å²) in [5.74, 6) is -2.06. The normalized spacial score (nSPS) is 31.3. The maximum atomic E-state index is 13.0. The predicted molar refractivity (Wildman–Crippen MR) is 131 cm³/mol. The Morgan fingerprint density at radius 2 is 1.86 bits per heavy atom. The summed E-state index contributed by atoms with van der Waals surface area (Å²) < 4.78 is 11.1. The first kappa shape index (κ1) is 28.7. The lowest BCUT2D eigenvalue weighted by atomic mass is 9.86. The van der Waals surface area contributed by atoms with Crippen LogP contribution in [0.3, 0.4) is 0 Å². The summed E-state index contributed by atoms with van der Waals surface area (Å²) in [5, 5.41) is 13.1. The minimum Gasteiger partial charge on any atom is -0.454 e. The molecule has 0 aromatic rings. The molecule has 8 heteroatoms. The highest BCUT2D eigenvalue weighted by atomic mass is 16.5. The summed E-state index contributed by atoms with van der Waals surface area (Å²) >= 11 is 0. The highest BCUT2D eigenvalue weighted by molar-refractivity contribution is 5.97. The summed E-state index contributed by atoms with van der Waals surface area (Å²) in [6, 6.07) is 0. The summed E-state index contributed by atoms with van der Waals surface area (Å²) in [6.45, 7) is 5.39. The third kappa shape index (κ3) is 9.18. The zero-order chi connectivity index (χ0) is 26.0. The van der Waals surface area contributed by atoms with Gasteiger partial charge in [-0.15, -0.1) is 0 Å². The van der Waals surface area contributed by atoms with E-state index in [2.05, 4.69) is 5.32 Å². The van der Waals surface area contributed by atoms with Crippen LogP contribution >= 0.6 is 0 Å². The Bertz CT molecular complexity index is 844. The first-order chi connectivity index (χ1) is 16.6. The largest absolute Gasteiger partial charge is 0.454 e. The van der Waals surface area contributed by atoms with Crippen molar-refractivity contribution >= 4 is 23.6 Å². The molecule has 0 aliphatic carbocycles. The molecule has 2 amide bonds. The third-order valence-corrected chi connectivity index (χ3v) is 6.67. The van der Waals surface area contributed by atoms with Gasteiger partial charge in [0.05, 0.1) is 12.0 Å². The fourth-order valence-corrected chi connectivity index (χ4v) is 4.61. The molecule has 2 aliphatic heterocycles. The topological polar surface area (TPSA) is 119 Å². The van der Waals surface area contributed by atoms with Crippen molar-refractivity contribution in [2.75, 3.05) is 7.11 Å². The maximum absolute atomic E-state index is 13.0. The lowest BCUT2D eigenvalue weighted by molar-refractivity contribution is -0.145. The number of amides is 2. The van der Waals surface area contributed by atoms with Crippen molar-refractivity contribution in [1.82, 2.24) is 5.32 Å². The van der Waals surface area contributed by atoms with Gasteiger partial charge in [-0.25, -0.2) is 4.79 Å². The maximum Gasteiger partial charge on any atom is 0.331 e. The molecule has 35 heavy (non-hydrogen) atoms. The lowest BCUT2D eigenvalue weighted by Crippen LogP contribution is -2.38. The van der Waals surface area contributed by atoms with Crippen LogP contribution in [0.2, 0.25) is 0 Å². The molecule has 194 valence electrons. The standard InChI is InChI=1S/C27H39NO7/c1-17-14-18(2)27(35-25(32)13-8-6-5-7-12-22(34-4)26(17)33)19(3)21(29)11-9-10-20-15-23(30)28-24(31)16-20/h7-8,12-14,17,19-20,22,26-27,33H,5-6,9-11,15-16H2,1-4H3,(H,28,30,31)/b12-7+,13-8+,18-14-/t17-,19-,22+,26+,27-/m0/s1. The van der Waals surface area contributed by atoms with Crippen LogP contribution in [-0.4, -0.2) is 54.1 Å². The van der Waals surface area contributed by atoms with Gasteiger partial charge in [-0.2, -0.15) is 0 Å². The smallest absolute Gasteiger partial charge is 0.331 e. The summed E-state index contributed by atoms with van der Waals surface area (Å²) in [5.41, 5.74) is 0.685. The van der Waals surface area contributed by atoms with Crippen LogP contribution in [0.1, 0.15) is 65.7 Å². The average molecular weight is 490 g/mol. The van der Waals surface area contributed by atoms with Crippen molar-refractivity contribution < 1.29 is 33.8 Å². The van der Waals surface area contributed by atoms with E-state index in [9.17, 15) is 24.3 Å². The van der Waals surface area contributed by atoms with Crippen LogP contribution in [0.15, 0.2) is 36.0 Å². The number of carbonyl (C=O) groups excluding carboxylic acids is 4. The van der Waals surface area contributed by atoms with Gasteiger partial charge in [0.15, 0.2) is 0 Å². The summed E-state index contributed by atoms with van der Waals surface area (Å²) in [4.78, 5) is 48.6. The van der Waals surface area contributed by atoms with Gasteiger partial charge in [-0.3, -0.25) is 19.7 Å². The van der Waals surface area contributed by atoms with Crippen molar-refractivity contribution in [2.24, 2.45) is 17.8 Å². The number of aliphatic hydroxyl groups excluding tert-OH is 1. The SMILES string of the molecule is CO[C@@H]1/C=C/CC/C=C/C(=O)O[C@H]([C@@H](C)C(=O)CCCC2CC(=O)NC(=O)C2)/C(C)=C\[C@H](C)[C@H]1O. The van der Waals surface area contributed by atoms with Gasteiger partial charge < -0.3 is 14.6 Å². The average Bonchev–Trinajstić information content (AvgIpc) is 2.79. The number of cyclic esters (lactones) is 1. The number of carbonyl (C=O) groups is 4. The number of aliphatic hydroxyl groups is 1. The Labute approximate surface area is 207 Å². The molecule has 0 saturated carbocycles. The van der Waals surface area contributed by atoms with E-state index >= 15 is 0 Å². The van der Waals surface area contributed by atoms with E-state index in [0.29, 0.717) is 44.1 Å². The van der Waals surface area contributed by atoms with E-state index in [0.717, 1.165) is 0 Å². The fourth-order valence-electron chi connectivity index (χ4n) is 4.61. The number of imide groups is 1. The summed E-state index contributed by atoms with van der Waals surface area (Å²) in [7, 11) is 1.55. The van der Waals surface area contributed by atoms with Gasteiger partial charge in [-0.05, 0) is 44.1 Å². The molecule has 1 saturated heterocycles. The Morgan fingerprint density at radius 3 is 2.51 bits per heavy atom. The predicted octanol–water partition coefficient (Wildman–Crippen LogP) is 3.19. The Morgan fingerprint density at radius 1 is 1.20 bits per heavy atom. The van der Waals surface area contributed by atoms with Crippen molar-refractivity contribution in [1.29, 1.82) is 0 Å². The van der Waals surface area contributed by atoms with Gasteiger partial charge in [0.2, 0.25) is 11.8 Å². The number of hydrogen-bond donors (Lipinski definition) is 2. The zero-order valence-electron chi connectivity index (χ0n) is 21.2. The van der Waals surface area contributed by atoms with Crippen molar-refractivity contribution in [3.8, 4) is 0 Å². The second-order valence-corrected chi connectivity index (χ2v) is 9.62. The van der Waals surface area contributed by atoms with Crippen LogP contribution in [0.4, 0.5) is 0 Å². The molecule has 1 fully saturated rings. The minimum atomic E-state index is -0.803. The molecule has 2 rings (SSSR count). The zero-order valence-corrected chi connectivity index (χ0v) is 21.2. The van der Waals surface area contributed by atoms with Crippen LogP contribution in [0.5, 0.6) is 0 Å².